The highest BCUT2D eigenvalue weighted by Crippen LogP contribution is 2.38. The van der Waals surface area contributed by atoms with Crippen LogP contribution in [0.5, 0.6) is 5.75 Å². The van der Waals surface area contributed by atoms with E-state index < -0.39 is 21.4 Å². The summed E-state index contributed by atoms with van der Waals surface area (Å²) in [6.45, 7) is 3.98. The zero-order valence-corrected chi connectivity index (χ0v) is 26.1. The number of benzene rings is 1. The van der Waals surface area contributed by atoms with Crippen molar-refractivity contribution in [1.82, 2.24) is 24.4 Å². The minimum atomic E-state index is -3.45. The van der Waals surface area contributed by atoms with Gasteiger partial charge in [0.1, 0.15) is 12.4 Å². The number of hydrogen-bond acceptors (Lipinski definition) is 7. The third kappa shape index (κ3) is 8.13. The first kappa shape index (κ1) is 31.4. The molecule has 2 saturated heterocycles. The van der Waals surface area contributed by atoms with Crippen LogP contribution >= 0.6 is 0 Å². The number of aryl methyl sites for hydroxylation is 1. The summed E-state index contributed by atoms with van der Waals surface area (Å²) in [6.07, 6.45) is 10.7. The lowest BCUT2D eigenvalue weighted by Gasteiger charge is -2.42. The third-order valence-electron chi connectivity index (χ3n) is 9.25. The van der Waals surface area contributed by atoms with Crippen molar-refractivity contribution in [3.63, 3.8) is 0 Å². The molecule has 0 radical (unpaired) electrons. The number of pyridine rings is 1. The summed E-state index contributed by atoms with van der Waals surface area (Å²) in [6, 6.07) is 12.0. The van der Waals surface area contributed by atoms with E-state index in [9.17, 15) is 18.0 Å². The molecule has 10 nitrogen and oxygen atoms in total. The number of likely N-dealkylation sites (tertiary alicyclic amines) is 1. The van der Waals surface area contributed by atoms with Gasteiger partial charge in [-0.3, -0.25) is 19.5 Å². The molecule has 2 aromatic rings. The Hall–Kier alpha value is -3.02. The normalized spacial score (nSPS) is 23.0. The van der Waals surface area contributed by atoms with E-state index in [1.165, 1.54) is 16.1 Å². The lowest BCUT2D eigenvalue weighted by Crippen LogP contribution is -2.53. The first-order chi connectivity index (χ1) is 20.7. The van der Waals surface area contributed by atoms with Crippen molar-refractivity contribution >= 4 is 21.8 Å². The number of ether oxygens (including phenoxy) is 1. The highest BCUT2D eigenvalue weighted by atomic mass is 32.2. The molecule has 1 atom stereocenters. The smallest absolute Gasteiger partial charge is 0.228 e. The number of sulfonamides is 1. The van der Waals surface area contributed by atoms with Gasteiger partial charge in [-0.05, 0) is 55.4 Å². The Balaban J connectivity index is 1.24. The minimum absolute atomic E-state index is 0.0298. The maximum atomic E-state index is 13.9. The largest absolute Gasteiger partial charge is 0.491 e. The summed E-state index contributed by atoms with van der Waals surface area (Å²) in [4.78, 5) is 35.7. The second kappa shape index (κ2) is 14.2. The summed E-state index contributed by atoms with van der Waals surface area (Å²) in [5.41, 5.74) is 1.73. The Morgan fingerprint density at radius 1 is 1.02 bits per heavy atom. The van der Waals surface area contributed by atoms with Crippen LogP contribution in [0.15, 0.2) is 48.8 Å². The molecule has 0 aliphatic carbocycles. The molecule has 1 aromatic heterocycles. The molecule has 4 heterocycles. The number of carbonyl (C=O) groups is 2. The van der Waals surface area contributed by atoms with Crippen molar-refractivity contribution in [2.24, 2.45) is 11.3 Å². The summed E-state index contributed by atoms with van der Waals surface area (Å²) >= 11 is 0. The molecule has 3 aliphatic rings. The molecule has 1 spiro atoms. The van der Waals surface area contributed by atoms with Gasteiger partial charge in [0.2, 0.25) is 21.8 Å². The van der Waals surface area contributed by atoms with Crippen LogP contribution in [0, 0.1) is 11.3 Å². The van der Waals surface area contributed by atoms with Crippen LogP contribution in [0.25, 0.3) is 0 Å². The number of amides is 2. The number of nitrogens with zero attached hydrogens (tertiary/aromatic N) is 4. The Morgan fingerprint density at radius 3 is 2.60 bits per heavy atom. The average Bonchev–Trinajstić information content (AvgIpc) is 3.22. The summed E-state index contributed by atoms with van der Waals surface area (Å²) in [7, 11) is -3.45. The standard InChI is InChI=1S/C32H45N5O5S/c1-43(40,41)37-20-19-35(23-26-8-7-15-33-22-26)24-28(25-37)30(38)36-17-13-32(14-18-36)12-6-2-3-9-27-10-4-5-11-29(27)42-21-16-34-31(32)39/h4-5,7-8,10-11,15,22,28H,2-3,6,9,12-14,16-21,23-25H2,1H3,(H,34,39). The molecule has 0 bridgehead atoms. The van der Waals surface area contributed by atoms with Gasteiger partial charge in [-0.15, -0.1) is 0 Å². The van der Waals surface area contributed by atoms with Gasteiger partial charge in [-0.25, -0.2) is 12.7 Å². The van der Waals surface area contributed by atoms with Gasteiger partial charge in [0, 0.05) is 58.2 Å². The van der Waals surface area contributed by atoms with E-state index >= 15 is 0 Å². The summed E-state index contributed by atoms with van der Waals surface area (Å²) in [5, 5.41) is 3.13. The highest BCUT2D eigenvalue weighted by molar-refractivity contribution is 7.88. The number of para-hydroxylation sites is 1. The maximum Gasteiger partial charge on any atom is 0.228 e. The maximum absolute atomic E-state index is 13.9. The van der Waals surface area contributed by atoms with E-state index in [2.05, 4.69) is 21.3 Å². The number of carbonyl (C=O) groups excluding carboxylic acids is 2. The number of piperidine rings is 1. The Morgan fingerprint density at radius 2 is 1.84 bits per heavy atom. The van der Waals surface area contributed by atoms with Crippen LogP contribution < -0.4 is 10.1 Å². The van der Waals surface area contributed by atoms with Crippen molar-refractivity contribution in [2.75, 3.05) is 58.7 Å². The molecule has 3 aliphatic heterocycles. The van der Waals surface area contributed by atoms with E-state index in [1.807, 2.05) is 35.2 Å². The molecule has 11 heteroatoms. The van der Waals surface area contributed by atoms with E-state index in [1.54, 1.807) is 12.4 Å². The lowest BCUT2D eigenvalue weighted by molar-refractivity contribution is -0.144. The molecule has 5 rings (SSSR count). The first-order valence-corrected chi connectivity index (χ1v) is 17.4. The monoisotopic (exact) mass is 611 g/mol. The SMILES string of the molecule is CS(=O)(=O)N1CCN(Cc2cccnc2)CC(C(=O)N2CCC3(CCCCCc4ccccc4OCCNC3=O)CC2)C1. The number of aromatic nitrogens is 1. The van der Waals surface area contributed by atoms with Gasteiger partial charge in [0.05, 0.1) is 24.1 Å². The Kier molecular flexibility index (Phi) is 10.4. The topological polar surface area (TPSA) is 112 Å². The third-order valence-corrected chi connectivity index (χ3v) is 10.5. The number of rotatable bonds is 4. The van der Waals surface area contributed by atoms with E-state index in [0.29, 0.717) is 65.3 Å². The van der Waals surface area contributed by atoms with Gasteiger partial charge in [-0.1, -0.05) is 37.1 Å². The average molecular weight is 612 g/mol. The quantitative estimate of drug-likeness (QED) is 0.566. The number of hydrogen-bond donors (Lipinski definition) is 1. The van der Waals surface area contributed by atoms with Crippen LogP contribution in [-0.2, 0) is 32.6 Å². The molecule has 1 N–H and O–H groups in total. The minimum Gasteiger partial charge on any atom is -0.491 e. The van der Waals surface area contributed by atoms with Gasteiger partial charge >= 0.3 is 0 Å². The summed E-state index contributed by atoms with van der Waals surface area (Å²) < 4.78 is 32.5. The van der Waals surface area contributed by atoms with Gasteiger partial charge in [-0.2, -0.15) is 0 Å². The van der Waals surface area contributed by atoms with Crippen molar-refractivity contribution in [3.05, 3.63) is 59.9 Å². The van der Waals surface area contributed by atoms with Gasteiger partial charge < -0.3 is 15.0 Å². The van der Waals surface area contributed by atoms with Crippen LogP contribution in [0.3, 0.4) is 0 Å². The van der Waals surface area contributed by atoms with Crippen molar-refractivity contribution in [1.29, 1.82) is 0 Å². The molecule has 1 unspecified atom stereocenters. The molecular weight excluding hydrogens is 566 g/mol. The fourth-order valence-corrected chi connectivity index (χ4v) is 7.59. The van der Waals surface area contributed by atoms with Gasteiger partial charge in [0.25, 0.3) is 0 Å². The second-order valence-corrected chi connectivity index (χ2v) is 14.3. The van der Waals surface area contributed by atoms with Crippen LogP contribution in [0.4, 0.5) is 0 Å². The molecule has 234 valence electrons. The van der Waals surface area contributed by atoms with Crippen LogP contribution in [0.2, 0.25) is 0 Å². The highest BCUT2D eigenvalue weighted by Gasteiger charge is 2.43. The Bertz CT molecular complexity index is 1350. The van der Waals surface area contributed by atoms with Crippen LogP contribution in [-0.4, -0.2) is 98.0 Å². The fourth-order valence-electron chi connectivity index (χ4n) is 6.73. The molecular formula is C32H45N5O5S. The first-order valence-electron chi connectivity index (χ1n) is 15.6. The number of nitrogens with one attached hydrogen (secondary N) is 1. The second-order valence-electron chi connectivity index (χ2n) is 12.3. The van der Waals surface area contributed by atoms with Crippen LogP contribution in [0.1, 0.15) is 49.7 Å². The number of fused-ring (bicyclic) bond motifs is 1. The predicted octanol–water partition coefficient (Wildman–Crippen LogP) is 2.70. The Labute approximate surface area is 255 Å². The molecule has 2 fully saturated rings. The molecule has 2 amide bonds. The van der Waals surface area contributed by atoms with Crippen molar-refractivity contribution in [2.45, 2.75) is 51.5 Å². The fraction of sp³-hybridized carbons (Fsp3) is 0.594. The molecule has 0 saturated carbocycles. The van der Waals surface area contributed by atoms with Crippen molar-refractivity contribution < 1.29 is 22.7 Å². The zero-order chi connectivity index (χ0) is 30.3. The molecule has 1 aromatic carbocycles. The van der Waals surface area contributed by atoms with E-state index in [4.69, 9.17) is 4.74 Å². The van der Waals surface area contributed by atoms with Gasteiger partial charge in [0.15, 0.2) is 0 Å². The lowest BCUT2D eigenvalue weighted by atomic mass is 9.73. The van der Waals surface area contributed by atoms with E-state index in [-0.39, 0.29) is 18.4 Å². The predicted molar refractivity (Wildman–Crippen MR) is 165 cm³/mol. The van der Waals surface area contributed by atoms with Crippen molar-refractivity contribution in [3.8, 4) is 5.75 Å². The van der Waals surface area contributed by atoms with E-state index in [0.717, 1.165) is 43.4 Å². The summed E-state index contributed by atoms with van der Waals surface area (Å²) in [5.74, 6) is 0.439. The zero-order valence-electron chi connectivity index (χ0n) is 25.2. The molecule has 43 heavy (non-hydrogen) atoms.